The lowest BCUT2D eigenvalue weighted by atomic mass is 9.96. The van der Waals surface area contributed by atoms with E-state index in [1.807, 2.05) is 30.3 Å². The van der Waals surface area contributed by atoms with Crippen molar-refractivity contribution in [1.82, 2.24) is 9.62 Å². The van der Waals surface area contributed by atoms with Crippen LogP contribution in [-0.2, 0) is 20.6 Å². The lowest BCUT2D eigenvalue weighted by Gasteiger charge is -2.33. The van der Waals surface area contributed by atoms with Gasteiger partial charge in [0.05, 0.1) is 11.3 Å². The first-order valence-corrected chi connectivity index (χ1v) is 10.6. The standard InChI is InChI=1S/C18H27N3O3S.ClH/c19-18(10-4-5-11-18)17(22)20-16-8-12-21(13-9-16)25(23,24)14-15-6-2-1-3-7-15;/h1-3,6-7,16H,4-5,8-14,19H2,(H,20,22);1H. The van der Waals surface area contributed by atoms with Crippen molar-refractivity contribution in [2.75, 3.05) is 13.1 Å². The highest BCUT2D eigenvalue weighted by atomic mass is 35.5. The molecule has 3 rings (SSSR count). The molecule has 1 saturated carbocycles. The van der Waals surface area contributed by atoms with E-state index in [1.54, 1.807) is 0 Å². The number of rotatable bonds is 5. The molecule has 8 heteroatoms. The number of hydrogen-bond acceptors (Lipinski definition) is 4. The summed E-state index contributed by atoms with van der Waals surface area (Å²) in [5.74, 6) is -0.0489. The largest absolute Gasteiger partial charge is 0.352 e. The van der Waals surface area contributed by atoms with Crippen molar-refractivity contribution in [3.8, 4) is 0 Å². The monoisotopic (exact) mass is 401 g/mol. The van der Waals surface area contributed by atoms with Crippen LogP contribution in [0.5, 0.6) is 0 Å². The van der Waals surface area contributed by atoms with Gasteiger partial charge >= 0.3 is 0 Å². The molecule has 146 valence electrons. The fourth-order valence-corrected chi connectivity index (χ4v) is 5.28. The Morgan fingerprint density at radius 2 is 1.73 bits per heavy atom. The van der Waals surface area contributed by atoms with E-state index in [1.165, 1.54) is 4.31 Å². The Labute approximate surface area is 162 Å². The lowest BCUT2D eigenvalue weighted by Crippen LogP contribution is -2.56. The van der Waals surface area contributed by atoms with Gasteiger partial charge in [0.2, 0.25) is 15.9 Å². The third kappa shape index (κ3) is 4.97. The molecule has 1 aromatic rings. The number of amides is 1. The van der Waals surface area contributed by atoms with E-state index in [4.69, 9.17) is 5.73 Å². The van der Waals surface area contributed by atoms with Crippen molar-refractivity contribution in [2.45, 2.75) is 55.9 Å². The molecule has 0 unspecified atom stereocenters. The normalized spacial score (nSPS) is 21.1. The summed E-state index contributed by atoms with van der Waals surface area (Å²) in [6.07, 6.45) is 4.75. The topological polar surface area (TPSA) is 92.5 Å². The minimum Gasteiger partial charge on any atom is -0.352 e. The van der Waals surface area contributed by atoms with Gasteiger partial charge in [-0.15, -0.1) is 12.4 Å². The van der Waals surface area contributed by atoms with Crippen molar-refractivity contribution in [1.29, 1.82) is 0 Å². The molecular formula is C18H28ClN3O3S. The van der Waals surface area contributed by atoms with Crippen LogP contribution in [0, 0.1) is 0 Å². The summed E-state index contributed by atoms with van der Waals surface area (Å²) >= 11 is 0. The highest BCUT2D eigenvalue weighted by Crippen LogP contribution is 2.28. The Morgan fingerprint density at radius 3 is 2.31 bits per heavy atom. The average molecular weight is 402 g/mol. The zero-order valence-corrected chi connectivity index (χ0v) is 16.5. The zero-order valence-electron chi connectivity index (χ0n) is 14.9. The number of hydrogen-bond donors (Lipinski definition) is 2. The first-order chi connectivity index (χ1) is 11.9. The van der Waals surface area contributed by atoms with E-state index in [-0.39, 0.29) is 30.1 Å². The van der Waals surface area contributed by atoms with Gasteiger partial charge in [-0.1, -0.05) is 43.2 Å². The van der Waals surface area contributed by atoms with Crippen LogP contribution in [0.1, 0.15) is 44.1 Å². The van der Waals surface area contributed by atoms with Gasteiger partial charge in [-0.25, -0.2) is 12.7 Å². The van der Waals surface area contributed by atoms with Gasteiger partial charge < -0.3 is 11.1 Å². The molecule has 1 heterocycles. The minimum atomic E-state index is -3.32. The molecule has 26 heavy (non-hydrogen) atoms. The number of nitrogens with two attached hydrogens (primary N) is 1. The Kier molecular flexibility index (Phi) is 7.07. The molecule has 0 spiro atoms. The minimum absolute atomic E-state index is 0. The van der Waals surface area contributed by atoms with Crippen LogP contribution in [0.4, 0.5) is 0 Å². The number of nitrogens with zero attached hydrogens (tertiary/aromatic N) is 1. The SMILES string of the molecule is Cl.NC1(C(=O)NC2CCN(S(=O)(=O)Cc3ccccc3)CC2)CCCC1. The average Bonchev–Trinajstić information content (AvgIpc) is 3.04. The predicted molar refractivity (Wildman–Crippen MR) is 104 cm³/mol. The van der Waals surface area contributed by atoms with Gasteiger partial charge in [-0.05, 0) is 31.2 Å². The molecule has 0 bridgehead atoms. The maximum Gasteiger partial charge on any atom is 0.240 e. The molecule has 1 aliphatic heterocycles. The molecule has 0 radical (unpaired) electrons. The second-order valence-electron chi connectivity index (χ2n) is 7.25. The second kappa shape index (κ2) is 8.69. The summed E-state index contributed by atoms with van der Waals surface area (Å²) in [6, 6.07) is 9.23. The van der Waals surface area contributed by atoms with Crippen molar-refractivity contribution in [2.24, 2.45) is 5.73 Å². The number of halogens is 1. The van der Waals surface area contributed by atoms with E-state index < -0.39 is 15.6 Å². The Morgan fingerprint density at radius 1 is 1.15 bits per heavy atom. The van der Waals surface area contributed by atoms with Gasteiger partial charge in [-0.3, -0.25) is 4.79 Å². The van der Waals surface area contributed by atoms with Crippen LogP contribution < -0.4 is 11.1 Å². The molecular weight excluding hydrogens is 374 g/mol. The number of sulfonamides is 1. The fraction of sp³-hybridized carbons (Fsp3) is 0.611. The summed E-state index contributed by atoms with van der Waals surface area (Å²) in [7, 11) is -3.32. The molecule has 1 aromatic carbocycles. The first-order valence-electron chi connectivity index (χ1n) is 9.01. The summed E-state index contributed by atoms with van der Waals surface area (Å²) in [5.41, 5.74) is 6.25. The summed E-state index contributed by atoms with van der Waals surface area (Å²) in [4.78, 5) is 12.4. The Bertz CT molecular complexity index is 698. The maximum atomic E-state index is 12.6. The molecule has 2 fully saturated rings. The molecule has 1 aliphatic carbocycles. The van der Waals surface area contributed by atoms with Crippen molar-refractivity contribution in [3.63, 3.8) is 0 Å². The van der Waals surface area contributed by atoms with Gasteiger partial charge in [0.1, 0.15) is 0 Å². The highest BCUT2D eigenvalue weighted by molar-refractivity contribution is 7.88. The predicted octanol–water partition coefficient (Wildman–Crippen LogP) is 1.79. The van der Waals surface area contributed by atoms with Crippen LogP contribution in [0.3, 0.4) is 0 Å². The van der Waals surface area contributed by atoms with Crippen LogP contribution in [0.15, 0.2) is 30.3 Å². The third-order valence-electron chi connectivity index (χ3n) is 5.32. The molecule has 1 saturated heterocycles. The number of nitrogens with one attached hydrogen (secondary N) is 1. The van der Waals surface area contributed by atoms with Gasteiger partial charge in [0.25, 0.3) is 0 Å². The van der Waals surface area contributed by atoms with E-state index >= 15 is 0 Å². The molecule has 0 atom stereocenters. The highest BCUT2D eigenvalue weighted by Gasteiger charge is 2.38. The van der Waals surface area contributed by atoms with Crippen LogP contribution in [0.2, 0.25) is 0 Å². The van der Waals surface area contributed by atoms with E-state index in [0.717, 1.165) is 31.2 Å². The molecule has 6 nitrogen and oxygen atoms in total. The molecule has 2 aliphatic rings. The zero-order chi connectivity index (χ0) is 17.9. The Hall–Kier alpha value is -1.15. The van der Waals surface area contributed by atoms with Crippen LogP contribution in [0.25, 0.3) is 0 Å². The fourth-order valence-electron chi connectivity index (χ4n) is 3.72. The summed E-state index contributed by atoms with van der Waals surface area (Å²) in [6.45, 7) is 0.884. The lowest BCUT2D eigenvalue weighted by molar-refractivity contribution is -0.127. The first kappa shape index (κ1) is 21.2. The van der Waals surface area contributed by atoms with Crippen LogP contribution in [-0.4, -0.2) is 43.3 Å². The smallest absolute Gasteiger partial charge is 0.240 e. The van der Waals surface area contributed by atoms with Crippen molar-refractivity contribution in [3.05, 3.63) is 35.9 Å². The number of carbonyl (C=O) groups excluding carboxylic acids is 1. The molecule has 0 aromatic heterocycles. The number of carbonyl (C=O) groups is 1. The van der Waals surface area contributed by atoms with Crippen molar-refractivity contribution >= 4 is 28.3 Å². The summed E-state index contributed by atoms with van der Waals surface area (Å²) in [5, 5.41) is 3.04. The quantitative estimate of drug-likeness (QED) is 0.786. The van der Waals surface area contributed by atoms with Gasteiger partial charge in [-0.2, -0.15) is 0 Å². The maximum absolute atomic E-state index is 12.6. The van der Waals surface area contributed by atoms with Gasteiger partial charge in [0, 0.05) is 19.1 Å². The van der Waals surface area contributed by atoms with E-state index in [2.05, 4.69) is 5.32 Å². The third-order valence-corrected chi connectivity index (χ3v) is 7.17. The van der Waals surface area contributed by atoms with Gasteiger partial charge in [0.15, 0.2) is 0 Å². The molecule has 1 amide bonds. The Balaban J connectivity index is 0.00000243. The summed E-state index contributed by atoms with van der Waals surface area (Å²) < 4.78 is 26.7. The van der Waals surface area contributed by atoms with E-state index in [9.17, 15) is 13.2 Å². The van der Waals surface area contributed by atoms with Crippen molar-refractivity contribution < 1.29 is 13.2 Å². The second-order valence-corrected chi connectivity index (χ2v) is 9.22. The number of benzene rings is 1. The van der Waals surface area contributed by atoms with Crippen LogP contribution >= 0.6 is 12.4 Å². The molecule has 3 N–H and O–H groups in total. The van der Waals surface area contributed by atoms with E-state index in [0.29, 0.717) is 25.9 Å². The number of piperidine rings is 1.